The second-order valence-electron chi connectivity index (χ2n) is 12.1. The highest BCUT2D eigenvalue weighted by atomic mass is 32.2. The number of hydrogen-bond donors (Lipinski definition) is 2. The number of rotatable bonds is 9. The highest BCUT2D eigenvalue weighted by molar-refractivity contribution is 8.00. The molecule has 40 heavy (non-hydrogen) atoms. The molecule has 2 aromatic heterocycles. The standard InChI is InChI=1S/C32H42N4O3S/c1-19-15-29(40-25-13-14-25)27(31(37)34-19)16-33-32(38)30-21(3)36(28-8-6-5-7-26(28)30)20(2)22-9-11-23(12-10-22)35-17-24(18-35)39-4/h5-8,15,20,22-25H,9-14,16-18H2,1-4H3,(H,33,38)(H,34,37). The number of aryl methyl sites for hydroxylation is 1. The van der Waals surface area contributed by atoms with Crippen molar-refractivity contribution in [3.05, 3.63) is 63.2 Å². The first-order valence-corrected chi connectivity index (χ1v) is 15.8. The average molecular weight is 563 g/mol. The third-order valence-electron chi connectivity index (χ3n) is 9.41. The molecule has 1 amide bonds. The first-order valence-electron chi connectivity index (χ1n) is 14.9. The first kappa shape index (κ1) is 27.6. The van der Waals surface area contributed by atoms with Gasteiger partial charge in [-0.25, -0.2) is 0 Å². The maximum atomic E-state index is 13.7. The highest BCUT2D eigenvalue weighted by Gasteiger charge is 2.36. The molecule has 3 heterocycles. The molecule has 2 N–H and O–H groups in total. The quantitative estimate of drug-likeness (QED) is 0.356. The smallest absolute Gasteiger partial charge is 0.254 e. The number of nitrogens with one attached hydrogen (secondary N) is 2. The lowest BCUT2D eigenvalue weighted by Crippen LogP contribution is -2.56. The van der Waals surface area contributed by atoms with Gasteiger partial charge in [0.1, 0.15) is 0 Å². The Morgan fingerprint density at radius 3 is 2.55 bits per heavy atom. The number of likely N-dealkylation sites (tertiary alicyclic amines) is 1. The van der Waals surface area contributed by atoms with E-state index in [1.807, 2.05) is 26.2 Å². The van der Waals surface area contributed by atoms with Gasteiger partial charge < -0.3 is 19.6 Å². The Hall–Kier alpha value is -2.55. The van der Waals surface area contributed by atoms with E-state index in [1.165, 1.54) is 38.5 Å². The van der Waals surface area contributed by atoms with E-state index < -0.39 is 0 Å². The van der Waals surface area contributed by atoms with E-state index in [9.17, 15) is 9.59 Å². The largest absolute Gasteiger partial charge is 0.379 e. The molecule has 1 atom stereocenters. The Balaban J connectivity index is 1.20. The number of carbonyl (C=O) groups is 1. The zero-order valence-corrected chi connectivity index (χ0v) is 25.0. The van der Waals surface area contributed by atoms with E-state index in [-0.39, 0.29) is 18.0 Å². The lowest BCUT2D eigenvalue weighted by Gasteiger charge is -2.46. The van der Waals surface area contributed by atoms with Gasteiger partial charge in [0.05, 0.1) is 17.2 Å². The van der Waals surface area contributed by atoms with Crippen molar-refractivity contribution in [2.24, 2.45) is 5.92 Å². The summed E-state index contributed by atoms with van der Waals surface area (Å²) in [7, 11) is 1.81. The fraction of sp³-hybridized carbons (Fsp3) is 0.562. The molecule has 1 aromatic carbocycles. The summed E-state index contributed by atoms with van der Waals surface area (Å²) in [5, 5.41) is 4.68. The number of para-hydroxylation sites is 1. The summed E-state index contributed by atoms with van der Waals surface area (Å²) in [5.41, 5.74) is 4.24. The lowest BCUT2D eigenvalue weighted by molar-refractivity contribution is -0.0605. The van der Waals surface area contributed by atoms with Crippen LogP contribution in [0.1, 0.15) is 78.8 Å². The number of aromatic amines is 1. The van der Waals surface area contributed by atoms with Crippen LogP contribution in [0, 0.1) is 19.8 Å². The van der Waals surface area contributed by atoms with Gasteiger partial charge in [0.15, 0.2) is 0 Å². The number of amides is 1. The molecular formula is C32H42N4O3S. The summed E-state index contributed by atoms with van der Waals surface area (Å²) in [6, 6.07) is 11.3. The van der Waals surface area contributed by atoms with Crippen LogP contribution in [-0.2, 0) is 11.3 Å². The molecule has 7 nitrogen and oxygen atoms in total. The van der Waals surface area contributed by atoms with Crippen LogP contribution in [0.4, 0.5) is 0 Å². The van der Waals surface area contributed by atoms with E-state index in [1.54, 1.807) is 11.8 Å². The molecule has 0 radical (unpaired) electrons. The second-order valence-corrected chi connectivity index (χ2v) is 13.4. The van der Waals surface area contributed by atoms with Crippen molar-refractivity contribution in [3.8, 4) is 0 Å². The van der Waals surface area contributed by atoms with Crippen LogP contribution in [-0.4, -0.2) is 58.0 Å². The Kier molecular flexibility index (Phi) is 7.85. The van der Waals surface area contributed by atoms with Crippen LogP contribution in [0.2, 0.25) is 0 Å². The maximum absolute atomic E-state index is 13.7. The second kappa shape index (κ2) is 11.4. The van der Waals surface area contributed by atoms with Gasteiger partial charge in [-0.3, -0.25) is 14.5 Å². The number of hydrogen-bond acceptors (Lipinski definition) is 5. The molecule has 0 bridgehead atoms. The number of thioether (sulfide) groups is 1. The molecule has 2 saturated carbocycles. The van der Waals surface area contributed by atoms with E-state index in [4.69, 9.17) is 4.74 Å². The molecule has 1 unspecified atom stereocenters. The summed E-state index contributed by atoms with van der Waals surface area (Å²) < 4.78 is 7.88. The third-order valence-corrected chi connectivity index (χ3v) is 10.8. The van der Waals surface area contributed by atoms with Crippen LogP contribution in [0.3, 0.4) is 0 Å². The number of fused-ring (bicyclic) bond motifs is 1. The average Bonchev–Trinajstić information content (AvgIpc) is 3.67. The molecular weight excluding hydrogens is 520 g/mol. The molecule has 3 aromatic rings. The fourth-order valence-corrected chi connectivity index (χ4v) is 8.14. The number of benzene rings is 1. The minimum atomic E-state index is -0.115. The first-order chi connectivity index (χ1) is 19.3. The van der Waals surface area contributed by atoms with Gasteiger partial charge in [-0.2, -0.15) is 0 Å². The molecule has 8 heteroatoms. The number of H-pyrrole nitrogens is 1. The minimum Gasteiger partial charge on any atom is -0.379 e. The summed E-state index contributed by atoms with van der Waals surface area (Å²) in [6.07, 6.45) is 7.63. The van der Waals surface area contributed by atoms with Crippen LogP contribution < -0.4 is 10.9 Å². The lowest BCUT2D eigenvalue weighted by atomic mass is 9.80. The summed E-state index contributed by atoms with van der Waals surface area (Å²) in [6.45, 7) is 8.67. The van der Waals surface area contributed by atoms with Gasteiger partial charge >= 0.3 is 0 Å². The van der Waals surface area contributed by atoms with Gasteiger partial charge in [0.25, 0.3) is 11.5 Å². The van der Waals surface area contributed by atoms with Crippen molar-refractivity contribution in [1.29, 1.82) is 0 Å². The van der Waals surface area contributed by atoms with E-state index >= 15 is 0 Å². The van der Waals surface area contributed by atoms with Crippen molar-refractivity contribution >= 4 is 28.6 Å². The minimum absolute atomic E-state index is 0.109. The third kappa shape index (κ3) is 5.38. The molecule has 3 aliphatic rings. The Labute approximate surface area is 241 Å². The molecule has 0 spiro atoms. The van der Waals surface area contributed by atoms with Gasteiger partial charge in [-0.1, -0.05) is 18.2 Å². The van der Waals surface area contributed by atoms with Gasteiger partial charge in [0, 0.05) is 71.3 Å². The van der Waals surface area contributed by atoms with Crippen LogP contribution in [0.15, 0.2) is 40.0 Å². The normalized spacial score (nSPS) is 22.8. The van der Waals surface area contributed by atoms with Gasteiger partial charge in [-0.05, 0) is 77.3 Å². The zero-order chi connectivity index (χ0) is 28.0. The summed E-state index contributed by atoms with van der Waals surface area (Å²) in [4.78, 5) is 33.1. The molecule has 2 aliphatic carbocycles. The highest BCUT2D eigenvalue weighted by Crippen LogP contribution is 2.41. The molecule has 1 saturated heterocycles. The Morgan fingerprint density at radius 1 is 1.12 bits per heavy atom. The topological polar surface area (TPSA) is 79.4 Å². The van der Waals surface area contributed by atoms with Gasteiger partial charge in [-0.15, -0.1) is 11.8 Å². The molecule has 3 fully saturated rings. The van der Waals surface area contributed by atoms with Crippen molar-refractivity contribution in [2.75, 3.05) is 20.2 Å². The van der Waals surface area contributed by atoms with Crippen LogP contribution >= 0.6 is 11.8 Å². The fourth-order valence-electron chi connectivity index (χ4n) is 6.86. The molecule has 214 valence electrons. The van der Waals surface area contributed by atoms with Crippen LogP contribution in [0.5, 0.6) is 0 Å². The number of aromatic nitrogens is 2. The summed E-state index contributed by atoms with van der Waals surface area (Å²) in [5.74, 6) is 0.463. The van der Waals surface area contributed by atoms with Crippen molar-refractivity contribution < 1.29 is 9.53 Å². The number of methoxy groups -OCH3 is 1. The van der Waals surface area contributed by atoms with E-state index in [0.717, 1.165) is 45.8 Å². The summed E-state index contributed by atoms with van der Waals surface area (Å²) >= 11 is 1.76. The Bertz CT molecular complexity index is 1440. The zero-order valence-electron chi connectivity index (χ0n) is 24.2. The van der Waals surface area contributed by atoms with E-state index in [2.05, 4.69) is 51.8 Å². The number of nitrogens with zero attached hydrogens (tertiary/aromatic N) is 2. The molecule has 1 aliphatic heterocycles. The Morgan fingerprint density at radius 2 is 1.85 bits per heavy atom. The van der Waals surface area contributed by atoms with E-state index in [0.29, 0.717) is 34.9 Å². The van der Waals surface area contributed by atoms with Crippen molar-refractivity contribution in [1.82, 2.24) is 19.8 Å². The van der Waals surface area contributed by atoms with Crippen molar-refractivity contribution in [2.45, 2.75) is 94.2 Å². The number of ether oxygens (including phenoxy) is 1. The monoisotopic (exact) mass is 562 g/mol. The SMILES string of the molecule is COC1CN(C2CCC(C(C)n3c(C)c(C(=O)NCc4c(SC5CC5)cc(C)[nH]c4=O)c4ccccc43)CC2)C1. The molecule has 6 rings (SSSR count). The maximum Gasteiger partial charge on any atom is 0.254 e. The van der Waals surface area contributed by atoms with Crippen molar-refractivity contribution in [3.63, 3.8) is 0 Å². The van der Waals surface area contributed by atoms with Crippen LogP contribution in [0.25, 0.3) is 10.9 Å². The number of carbonyl (C=O) groups excluding carboxylic acids is 1. The predicted octanol–water partition coefficient (Wildman–Crippen LogP) is 5.58. The number of pyridine rings is 1. The predicted molar refractivity (Wildman–Crippen MR) is 161 cm³/mol. The van der Waals surface area contributed by atoms with Gasteiger partial charge in [0.2, 0.25) is 0 Å².